The second-order valence-corrected chi connectivity index (χ2v) is 9.44. The van der Waals surface area contributed by atoms with Crippen LogP contribution in [0.4, 0.5) is 5.82 Å². The molecule has 3 rings (SSSR count). The van der Waals surface area contributed by atoms with Gasteiger partial charge in [0.25, 0.3) is 0 Å². The molecule has 0 atom stereocenters. The zero-order valence-corrected chi connectivity index (χ0v) is 16.9. The Balaban J connectivity index is 1.58. The number of anilines is 1. The van der Waals surface area contributed by atoms with Crippen molar-refractivity contribution in [2.24, 2.45) is 0 Å². The van der Waals surface area contributed by atoms with Gasteiger partial charge < -0.3 is 10.1 Å². The van der Waals surface area contributed by atoms with Crippen LogP contribution in [0.1, 0.15) is 38.4 Å². The molecule has 0 amide bonds. The third-order valence-corrected chi connectivity index (χ3v) is 5.66. The number of aryl methyl sites for hydroxylation is 1. The van der Waals surface area contributed by atoms with Gasteiger partial charge in [-0.1, -0.05) is 6.07 Å². The van der Waals surface area contributed by atoms with E-state index in [4.69, 9.17) is 4.74 Å². The smallest absolute Gasteiger partial charge is 0.240 e. The van der Waals surface area contributed by atoms with Crippen LogP contribution in [0, 0.1) is 0 Å². The molecule has 0 radical (unpaired) electrons. The summed E-state index contributed by atoms with van der Waals surface area (Å²) in [5, 5.41) is 3.30. The fourth-order valence-corrected chi connectivity index (χ4v) is 3.98. The summed E-state index contributed by atoms with van der Waals surface area (Å²) in [6.07, 6.45) is 2.70. The number of benzene rings is 1. The van der Waals surface area contributed by atoms with E-state index in [-0.39, 0.29) is 10.5 Å². The Kier molecular flexibility index (Phi) is 5.72. The molecule has 1 aromatic heterocycles. The highest BCUT2D eigenvalue weighted by Gasteiger charge is 2.16. The van der Waals surface area contributed by atoms with E-state index in [1.165, 1.54) is 5.56 Å². The Morgan fingerprint density at radius 3 is 2.59 bits per heavy atom. The number of ether oxygens (including phenoxy) is 1. The Morgan fingerprint density at radius 2 is 1.89 bits per heavy atom. The number of pyridine rings is 1. The summed E-state index contributed by atoms with van der Waals surface area (Å²) < 4.78 is 33.3. The lowest BCUT2D eigenvalue weighted by molar-refractivity contribution is 0.131. The average molecular weight is 390 g/mol. The first-order chi connectivity index (χ1) is 12.7. The number of nitrogens with zero attached hydrogens (tertiary/aromatic N) is 1. The van der Waals surface area contributed by atoms with Gasteiger partial charge in [-0.05, 0) is 69.5 Å². The van der Waals surface area contributed by atoms with Crippen LogP contribution in [0.2, 0.25) is 0 Å². The van der Waals surface area contributed by atoms with Crippen LogP contribution in [0.15, 0.2) is 41.3 Å². The lowest BCUT2D eigenvalue weighted by atomic mass is 10.1. The van der Waals surface area contributed by atoms with Crippen molar-refractivity contribution in [2.45, 2.75) is 50.5 Å². The molecule has 1 aliphatic rings. The fraction of sp³-hybridized carbons (Fsp3) is 0.450. The quantitative estimate of drug-likeness (QED) is 0.793. The topological polar surface area (TPSA) is 80.3 Å². The first-order valence-electron chi connectivity index (χ1n) is 9.24. The molecule has 0 spiro atoms. The molecule has 0 bridgehead atoms. The number of sulfonamides is 1. The molecule has 2 aromatic rings. The second-order valence-electron chi connectivity index (χ2n) is 7.67. The van der Waals surface area contributed by atoms with Crippen LogP contribution in [0.5, 0.6) is 5.75 Å². The summed E-state index contributed by atoms with van der Waals surface area (Å²) in [6, 6.07) is 10.5. The first-order valence-corrected chi connectivity index (χ1v) is 10.7. The fourth-order valence-electron chi connectivity index (χ4n) is 2.95. The van der Waals surface area contributed by atoms with Crippen LogP contribution >= 0.6 is 0 Å². The second kappa shape index (κ2) is 7.86. The van der Waals surface area contributed by atoms with E-state index in [2.05, 4.69) is 21.1 Å². The Hall–Kier alpha value is -2.12. The normalized spacial score (nSPS) is 14.3. The average Bonchev–Trinajstić information content (AvgIpc) is 2.60. The van der Waals surface area contributed by atoms with Gasteiger partial charge in [0.1, 0.15) is 17.2 Å². The molecule has 27 heavy (non-hydrogen) atoms. The van der Waals surface area contributed by atoms with Crippen molar-refractivity contribution in [3.63, 3.8) is 0 Å². The largest absolute Gasteiger partial charge is 0.488 e. The van der Waals surface area contributed by atoms with Gasteiger partial charge in [-0.25, -0.2) is 18.1 Å². The SMILES string of the molecule is CC(C)(C)Oc1ccc(S(=O)(=O)NCCc2ccc3c(n2)NCCC3)cc1. The molecular formula is C20H27N3O3S. The van der Waals surface area contributed by atoms with Crippen LogP contribution in [0.3, 0.4) is 0 Å². The predicted molar refractivity (Wildman–Crippen MR) is 107 cm³/mol. The summed E-state index contributed by atoms with van der Waals surface area (Å²) in [6.45, 7) is 7.08. The van der Waals surface area contributed by atoms with Crippen molar-refractivity contribution in [3.05, 3.63) is 47.7 Å². The molecule has 2 heterocycles. The minimum Gasteiger partial charge on any atom is -0.488 e. The standard InChI is InChI=1S/C20H27N3O3S/c1-20(2,3)26-17-8-10-18(11-9-17)27(24,25)22-14-12-16-7-6-15-5-4-13-21-19(15)23-16/h6-11,22H,4-5,12-14H2,1-3H3,(H,21,23). The highest BCUT2D eigenvalue weighted by atomic mass is 32.2. The van der Waals surface area contributed by atoms with Gasteiger partial charge in [-0.15, -0.1) is 0 Å². The molecule has 0 saturated carbocycles. The van der Waals surface area contributed by atoms with Gasteiger partial charge in [0.05, 0.1) is 4.90 Å². The Bertz CT molecular complexity index is 888. The lowest BCUT2D eigenvalue weighted by Gasteiger charge is -2.21. The van der Waals surface area contributed by atoms with E-state index >= 15 is 0 Å². The highest BCUT2D eigenvalue weighted by molar-refractivity contribution is 7.89. The van der Waals surface area contributed by atoms with Gasteiger partial charge in [0.2, 0.25) is 10.0 Å². The van der Waals surface area contributed by atoms with Gasteiger partial charge in [-0.3, -0.25) is 0 Å². The van der Waals surface area contributed by atoms with Gasteiger partial charge >= 0.3 is 0 Å². The maximum Gasteiger partial charge on any atom is 0.240 e. The number of nitrogens with one attached hydrogen (secondary N) is 2. The maximum atomic E-state index is 12.5. The summed E-state index contributed by atoms with van der Waals surface area (Å²) in [7, 11) is -3.56. The van der Waals surface area contributed by atoms with Crippen LogP contribution in [0.25, 0.3) is 0 Å². The highest BCUT2D eigenvalue weighted by Crippen LogP contribution is 2.21. The number of hydrogen-bond donors (Lipinski definition) is 2. The first kappa shape index (κ1) is 19.6. The van der Waals surface area contributed by atoms with Gasteiger partial charge in [-0.2, -0.15) is 0 Å². The number of fused-ring (bicyclic) bond motifs is 1. The lowest BCUT2D eigenvalue weighted by Crippen LogP contribution is -2.26. The molecule has 0 fully saturated rings. The zero-order chi connectivity index (χ0) is 19.5. The minimum atomic E-state index is -3.56. The number of aromatic nitrogens is 1. The Morgan fingerprint density at radius 1 is 1.15 bits per heavy atom. The van der Waals surface area contributed by atoms with E-state index in [0.29, 0.717) is 18.7 Å². The van der Waals surface area contributed by atoms with E-state index in [9.17, 15) is 8.42 Å². The van der Waals surface area contributed by atoms with Crippen molar-refractivity contribution in [3.8, 4) is 5.75 Å². The molecule has 0 unspecified atom stereocenters. The predicted octanol–water partition coefficient (Wildman–Crippen LogP) is 3.14. The molecule has 7 heteroatoms. The zero-order valence-electron chi connectivity index (χ0n) is 16.1. The summed E-state index contributed by atoms with van der Waals surface area (Å²) in [5.41, 5.74) is 1.78. The van der Waals surface area contributed by atoms with E-state index in [1.54, 1.807) is 24.3 Å². The number of rotatable bonds is 6. The molecule has 0 aliphatic carbocycles. The summed E-state index contributed by atoms with van der Waals surface area (Å²) >= 11 is 0. The molecule has 1 aliphatic heterocycles. The molecule has 6 nitrogen and oxygen atoms in total. The Labute approximate surface area is 161 Å². The molecule has 2 N–H and O–H groups in total. The minimum absolute atomic E-state index is 0.226. The van der Waals surface area contributed by atoms with Crippen LogP contribution in [-0.4, -0.2) is 32.1 Å². The van der Waals surface area contributed by atoms with Crippen molar-refractivity contribution in [1.82, 2.24) is 9.71 Å². The van der Waals surface area contributed by atoms with E-state index in [1.807, 2.05) is 26.8 Å². The summed E-state index contributed by atoms with van der Waals surface area (Å²) in [4.78, 5) is 4.81. The van der Waals surface area contributed by atoms with Crippen LogP contribution < -0.4 is 14.8 Å². The van der Waals surface area contributed by atoms with E-state index < -0.39 is 10.0 Å². The van der Waals surface area contributed by atoms with Crippen LogP contribution in [-0.2, 0) is 22.9 Å². The molecular weight excluding hydrogens is 362 g/mol. The molecule has 0 saturated heterocycles. The van der Waals surface area contributed by atoms with Crippen molar-refractivity contribution in [2.75, 3.05) is 18.4 Å². The third-order valence-electron chi connectivity index (χ3n) is 4.18. The molecule has 146 valence electrons. The van der Waals surface area contributed by atoms with Crippen molar-refractivity contribution >= 4 is 15.8 Å². The van der Waals surface area contributed by atoms with Crippen molar-refractivity contribution < 1.29 is 13.2 Å². The summed E-state index contributed by atoms with van der Waals surface area (Å²) in [5.74, 6) is 1.57. The van der Waals surface area contributed by atoms with Gasteiger partial charge in [0.15, 0.2) is 0 Å². The van der Waals surface area contributed by atoms with Gasteiger partial charge in [0, 0.05) is 25.2 Å². The maximum absolute atomic E-state index is 12.5. The van der Waals surface area contributed by atoms with E-state index in [0.717, 1.165) is 30.9 Å². The molecule has 1 aromatic carbocycles. The van der Waals surface area contributed by atoms with Crippen molar-refractivity contribution in [1.29, 1.82) is 0 Å². The number of hydrogen-bond acceptors (Lipinski definition) is 5. The third kappa shape index (κ3) is 5.43. The monoisotopic (exact) mass is 389 g/mol.